The molecule has 2 heterocycles. The number of nitrogens with zero attached hydrogens (tertiary/aromatic N) is 3. The van der Waals surface area contributed by atoms with Gasteiger partial charge in [-0.15, -0.1) is 0 Å². The highest BCUT2D eigenvalue weighted by Crippen LogP contribution is 2.25. The highest BCUT2D eigenvalue weighted by molar-refractivity contribution is 5.83. The van der Waals surface area contributed by atoms with Gasteiger partial charge >= 0.3 is 0 Å². The van der Waals surface area contributed by atoms with E-state index >= 15 is 0 Å². The van der Waals surface area contributed by atoms with E-state index in [0.717, 1.165) is 52.2 Å². The Kier molecular flexibility index (Phi) is 6.04. The van der Waals surface area contributed by atoms with Gasteiger partial charge in [0.2, 0.25) is 5.91 Å². The first-order valence-corrected chi connectivity index (χ1v) is 9.09. The zero-order chi connectivity index (χ0) is 17.8. The Morgan fingerprint density at radius 3 is 2.48 bits per heavy atom. The van der Waals surface area contributed by atoms with Crippen LogP contribution in [0.1, 0.15) is 24.4 Å². The topological polar surface area (TPSA) is 36.0 Å². The van der Waals surface area contributed by atoms with Gasteiger partial charge in [0, 0.05) is 32.2 Å². The molecule has 6 heteroatoms. The maximum atomic E-state index is 13.6. The Balaban J connectivity index is 1.63. The number of carbonyl (C=O) groups is 1. The molecular formula is C19H28FN3O2. The molecule has 2 aliphatic heterocycles. The van der Waals surface area contributed by atoms with Crippen molar-refractivity contribution in [1.29, 1.82) is 0 Å². The largest absolute Gasteiger partial charge is 0.379 e. The van der Waals surface area contributed by atoms with Gasteiger partial charge in [0.05, 0.1) is 13.2 Å². The third-order valence-electron chi connectivity index (χ3n) is 5.25. The molecule has 2 aliphatic rings. The van der Waals surface area contributed by atoms with Gasteiger partial charge in [0.15, 0.2) is 0 Å². The minimum Gasteiger partial charge on any atom is -0.379 e. The average Bonchev–Trinajstić information content (AvgIpc) is 2.62. The maximum Gasteiger partial charge on any atom is 0.244 e. The highest BCUT2D eigenvalue weighted by Gasteiger charge is 2.32. The van der Waals surface area contributed by atoms with Gasteiger partial charge in [-0.05, 0) is 44.6 Å². The molecule has 0 N–H and O–H groups in total. The number of hydrogen-bond donors (Lipinski definition) is 0. The molecule has 5 nitrogen and oxygen atoms in total. The van der Waals surface area contributed by atoms with Crippen LogP contribution in [0.5, 0.6) is 0 Å². The Labute approximate surface area is 149 Å². The number of benzene rings is 1. The molecule has 1 aromatic rings. The standard InChI is InChI=1S/C19H28FN3O2/c1-21(2)18(15-4-3-5-16(20)14-15)19(24)23-8-6-17(7-9-23)22-10-12-25-13-11-22/h3-5,14,17-18H,6-13H2,1-2H3/t18-/m0/s1. The number of morpholine rings is 1. The lowest BCUT2D eigenvalue weighted by Gasteiger charge is -2.41. The van der Waals surface area contributed by atoms with Crippen LogP contribution in [-0.4, -0.2) is 80.1 Å². The van der Waals surface area contributed by atoms with E-state index in [1.54, 1.807) is 6.07 Å². The van der Waals surface area contributed by atoms with E-state index in [9.17, 15) is 9.18 Å². The van der Waals surface area contributed by atoms with Crippen LogP contribution in [0.15, 0.2) is 24.3 Å². The summed E-state index contributed by atoms with van der Waals surface area (Å²) >= 11 is 0. The van der Waals surface area contributed by atoms with Crippen molar-refractivity contribution in [2.75, 3.05) is 53.5 Å². The summed E-state index contributed by atoms with van der Waals surface area (Å²) in [6.07, 6.45) is 1.99. The number of piperidine rings is 1. The number of hydrogen-bond acceptors (Lipinski definition) is 4. The Hall–Kier alpha value is -1.50. The van der Waals surface area contributed by atoms with Crippen molar-refractivity contribution in [1.82, 2.24) is 14.7 Å². The van der Waals surface area contributed by atoms with Crippen molar-refractivity contribution in [2.45, 2.75) is 24.9 Å². The summed E-state index contributed by atoms with van der Waals surface area (Å²) < 4.78 is 19.0. The molecular weight excluding hydrogens is 321 g/mol. The monoisotopic (exact) mass is 349 g/mol. The summed E-state index contributed by atoms with van der Waals surface area (Å²) in [6, 6.07) is 6.47. The molecule has 138 valence electrons. The van der Waals surface area contributed by atoms with Crippen LogP contribution >= 0.6 is 0 Å². The van der Waals surface area contributed by atoms with Crippen LogP contribution < -0.4 is 0 Å². The zero-order valence-electron chi connectivity index (χ0n) is 15.2. The molecule has 2 fully saturated rings. The Bertz CT molecular complexity index is 582. The van der Waals surface area contributed by atoms with Crippen LogP contribution in [0.4, 0.5) is 4.39 Å². The predicted molar refractivity (Wildman–Crippen MR) is 94.8 cm³/mol. The third kappa shape index (κ3) is 4.37. The summed E-state index contributed by atoms with van der Waals surface area (Å²) in [5.41, 5.74) is 0.713. The van der Waals surface area contributed by atoms with Crippen molar-refractivity contribution in [3.05, 3.63) is 35.6 Å². The van der Waals surface area contributed by atoms with Gasteiger partial charge in [-0.3, -0.25) is 14.6 Å². The molecule has 0 aromatic heterocycles. The maximum absolute atomic E-state index is 13.6. The first-order chi connectivity index (χ1) is 12.1. The lowest BCUT2D eigenvalue weighted by atomic mass is 9.99. The summed E-state index contributed by atoms with van der Waals surface area (Å²) in [6.45, 7) is 5.12. The molecule has 1 atom stereocenters. The van der Waals surface area contributed by atoms with Gasteiger partial charge in [0.1, 0.15) is 11.9 Å². The van der Waals surface area contributed by atoms with Crippen LogP contribution in [0, 0.1) is 5.82 Å². The van der Waals surface area contributed by atoms with Crippen LogP contribution in [0.2, 0.25) is 0 Å². The zero-order valence-corrected chi connectivity index (χ0v) is 15.2. The summed E-state index contributed by atoms with van der Waals surface area (Å²) in [5.74, 6) is -0.237. The number of carbonyl (C=O) groups excluding carboxylic acids is 1. The van der Waals surface area contributed by atoms with Crippen molar-refractivity contribution in [3.8, 4) is 0 Å². The van der Waals surface area contributed by atoms with Crippen molar-refractivity contribution < 1.29 is 13.9 Å². The third-order valence-corrected chi connectivity index (χ3v) is 5.25. The molecule has 1 amide bonds. The SMILES string of the molecule is CN(C)[C@H](C(=O)N1CCC(N2CCOCC2)CC1)c1cccc(F)c1. The normalized spacial score (nSPS) is 21.5. The smallest absolute Gasteiger partial charge is 0.244 e. The second-order valence-corrected chi connectivity index (χ2v) is 7.13. The van der Waals surface area contributed by atoms with E-state index in [1.807, 2.05) is 30.0 Å². The van der Waals surface area contributed by atoms with Crippen molar-refractivity contribution >= 4 is 5.91 Å². The minimum atomic E-state index is -0.435. The van der Waals surface area contributed by atoms with Crippen molar-refractivity contribution in [2.24, 2.45) is 0 Å². The first kappa shape index (κ1) is 18.3. The minimum absolute atomic E-state index is 0.0658. The average molecular weight is 349 g/mol. The van der Waals surface area contributed by atoms with Gasteiger partial charge in [-0.1, -0.05) is 12.1 Å². The number of ether oxygens (including phenoxy) is 1. The number of amides is 1. The van der Waals surface area contributed by atoms with Gasteiger partial charge < -0.3 is 9.64 Å². The summed E-state index contributed by atoms with van der Waals surface area (Å²) in [4.78, 5) is 19.4. The van der Waals surface area contributed by atoms with E-state index in [-0.39, 0.29) is 11.7 Å². The molecule has 0 bridgehead atoms. The molecule has 2 saturated heterocycles. The fourth-order valence-electron chi connectivity index (χ4n) is 3.91. The molecule has 0 spiro atoms. The fourth-order valence-corrected chi connectivity index (χ4v) is 3.91. The molecule has 3 rings (SSSR count). The van der Waals surface area contributed by atoms with Gasteiger partial charge in [-0.25, -0.2) is 4.39 Å². The van der Waals surface area contributed by atoms with E-state index in [4.69, 9.17) is 4.74 Å². The van der Waals surface area contributed by atoms with E-state index < -0.39 is 6.04 Å². The Morgan fingerprint density at radius 1 is 1.20 bits per heavy atom. The number of likely N-dealkylation sites (tertiary alicyclic amines) is 1. The Morgan fingerprint density at radius 2 is 1.88 bits per heavy atom. The van der Waals surface area contributed by atoms with Gasteiger partial charge in [0.25, 0.3) is 0 Å². The highest BCUT2D eigenvalue weighted by atomic mass is 19.1. The summed E-state index contributed by atoms with van der Waals surface area (Å²) in [7, 11) is 3.74. The van der Waals surface area contributed by atoms with E-state index in [1.165, 1.54) is 12.1 Å². The molecule has 0 radical (unpaired) electrons. The number of likely N-dealkylation sites (N-methyl/N-ethyl adjacent to an activating group) is 1. The number of rotatable bonds is 4. The molecule has 0 saturated carbocycles. The first-order valence-electron chi connectivity index (χ1n) is 9.09. The van der Waals surface area contributed by atoms with E-state index in [2.05, 4.69) is 4.90 Å². The molecule has 0 unspecified atom stereocenters. The van der Waals surface area contributed by atoms with Gasteiger partial charge in [-0.2, -0.15) is 0 Å². The van der Waals surface area contributed by atoms with Crippen LogP contribution in [0.3, 0.4) is 0 Å². The molecule has 1 aromatic carbocycles. The second-order valence-electron chi connectivity index (χ2n) is 7.13. The van der Waals surface area contributed by atoms with Crippen molar-refractivity contribution in [3.63, 3.8) is 0 Å². The predicted octanol–water partition coefficient (Wildman–Crippen LogP) is 1.75. The lowest BCUT2D eigenvalue weighted by Crippen LogP contribution is -2.51. The fraction of sp³-hybridized carbons (Fsp3) is 0.632. The molecule has 0 aliphatic carbocycles. The summed E-state index contributed by atoms with van der Waals surface area (Å²) in [5, 5.41) is 0. The van der Waals surface area contributed by atoms with Crippen LogP contribution in [0.25, 0.3) is 0 Å². The number of halogens is 1. The van der Waals surface area contributed by atoms with Crippen LogP contribution in [-0.2, 0) is 9.53 Å². The lowest BCUT2D eigenvalue weighted by molar-refractivity contribution is -0.138. The second kappa shape index (κ2) is 8.25. The van der Waals surface area contributed by atoms with E-state index in [0.29, 0.717) is 11.6 Å². The molecule has 25 heavy (non-hydrogen) atoms. The quantitative estimate of drug-likeness (QED) is 0.830.